The minimum Gasteiger partial charge on any atom is -0.462 e. The normalized spacial score (nSPS) is 12.4. The third-order valence-electron chi connectivity index (χ3n) is 10.9. The summed E-state index contributed by atoms with van der Waals surface area (Å²) in [5.74, 6) is -0.897. The van der Waals surface area contributed by atoms with Crippen molar-refractivity contribution in [2.45, 2.75) is 258 Å². The Bertz CT molecular complexity index is 1040. The Morgan fingerprint density at radius 1 is 0.339 bits per heavy atom. The van der Waals surface area contributed by atoms with Crippen LogP contribution in [0.1, 0.15) is 252 Å². The smallest absolute Gasteiger partial charge is 0.306 e. The maximum Gasteiger partial charge on any atom is 0.306 e. The van der Waals surface area contributed by atoms with E-state index in [0.29, 0.717) is 19.3 Å². The van der Waals surface area contributed by atoms with Crippen molar-refractivity contribution in [3.63, 3.8) is 0 Å². The molecule has 0 aromatic carbocycles. The Balaban J connectivity index is 4.36. The van der Waals surface area contributed by atoms with E-state index in [0.717, 1.165) is 83.5 Å². The molecule has 6 nitrogen and oxygen atoms in total. The Hall–Kier alpha value is -2.63. The first kappa shape index (κ1) is 56.4. The predicted molar refractivity (Wildman–Crippen MR) is 252 cm³/mol. The monoisotopic (exact) mass is 827 g/mol. The first-order valence-corrected chi connectivity index (χ1v) is 25.2. The van der Waals surface area contributed by atoms with Crippen molar-refractivity contribution < 1.29 is 28.6 Å². The fourth-order valence-corrected chi connectivity index (χ4v) is 7.10. The zero-order chi connectivity index (χ0) is 43.0. The number of ether oxygens (including phenoxy) is 3. The predicted octanol–water partition coefficient (Wildman–Crippen LogP) is 16.3. The van der Waals surface area contributed by atoms with Gasteiger partial charge in [-0.15, -0.1) is 0 Å². The molecule has 0 aliphatic carbocycles. The van der Waals surface area contributed by atoms with Gasteiger partial charge in [0.2, 0.25) is 0 Å². The molecule has 0 rings (SSSR count). The molecule has 1 unspecified atom stereocenters. The molecular formula is C53H94O6. The quantitative estimate of drug-likeness (QED) is 0.0263. The molecule has 0 aromatic rings. The molecule has 342 valence electrons. The summed E-state index contributed by atoms with van der Waals surface area (Å²) in [4.78, 5) is 37.8. The van der Waals surface area contributed by atoms with Gasteiger partial charge in [-0.05, 0) is 44.9 Å². The van der Waals surface area contributed by atoms with Gasteiger partial charge in [0.1, 0.15) is 13.2 Å². The number of carbonyl (C=O) groups excluding carboxylic acids is 3. The molecule has 0 aromatic heterocycles. The fraction of sp³-hybridized carbons (Fsp3) is 0.792. The maximum atomic E-state index is 12.8. The molecule has 0 fully saturated rings. The van der Waals surface area contributed by atoms with Crippen molar-refractivity contribution in [1.29, 1.82) is 0 Å². The molecule has 0 heterocycles. The number of hydrogen-bond acceptors (Lipinski definition) is 6. The highest BCUT2D eigenvalue weighted by molar-refractivity contribution is 5.71. The number of carbonyl (C=O) groups is 3. The lowest BCUT2D eigenvalue weighted by Crippen LogP contribution is -2.30. The van der Waals surface area contributed by atoms with Crippen molar-refractivity contribution in [3.8, 4) is 0 Å². The Labute approximate surface area is 365 Å². The Kier molecular flexibility index (Phi) is 45.9. The van der Waals surface area contributed by atoms with E-state index in [-0.39, 0.29) is 31.1 Å². The van der Waals surface area contributed by atoms with Crippen LogP contribution >= 0.6 is 0 Å². The second-order valence-electron chi connectivity index (χ2n) is 16.8. The van der Waals surface area contributed by atoms with Gasteiger partial charge in [0, 0.05) is 19.3 Å². The van der Waals surface area contributed by atoms with Gasteiger partial charge in [0.25, 0.3) is 0 Å². The molecule has 0 aliphatic heterocycles. The van der Waals surface area contributed by atoms with E-state index in [4.69, 9.17) is 14.2 Å². The number of hydrogen-bond donors (Lipinski definition) is 0. The molecule has 0 aliphatic rings. The average Bonchev–Trinajstić information content (AvgIpc) is 3.23. The first-order valence-electron chi connectivity index (χ1n) is 25.2. The minimum absolute atomic E-state index is 0.0779. The highest BCUT2D eigenvalue weighted by Crippen LogP contribution is 2.15. The minimum atomic E-state index is -0.777. The van der Waals surface area contributed by atoms with E-state index in [1.54, 1.807) is 0 Å². The third kappa shape index (κ3) is 46.3. The summed E-state index contributed by atoms with van der Waals surface area (Å²) in [6, 6.07) is 0. The van der Waals surface area contributed by atoms with Crippen LogP contribution in [-0.2, 0) is 28.6 Å². The highest BCUT2D eigenvalue weighted by atomic mass is 16.6. The van der Waals surface area contributed by atoms with Crippen molar-refractivity contribution in [2.24, 2.45) is 0 Å². The molecule has 6 heteroatoms. The van der Waals surface area contributed by atoms with Crippen LogP contribution in [0, 0.1) is 0 Å². The molecule has 0 spiro atoms. The molecule has 0 bridgehead atoms. The Morgan fingerprint density at radius 3 is 0.983 bits per heavy atom. The van der Waals surface area contributed by atoms with Crippen molar-refractivity contribution in [2.75, 3.05) is 13.2 Å². The van der Waals surface area contributed by atoms with Gasteiger partial charge in [-0.25, -0.2) is 0 Å². The number of rotatable bonds is 45. The summed E-state index contributed by atoms with van der Waals surface area (Å²) in [7, 11) is 0. The summed E-state index contributed by atoms with van der Waals surface area (Å²) >= 11 is 0. The summed E-state index contributed by atoms with van der Waals surface area (Å²) in [6.45, 7) is 6.57. The van der Waals surface area contributed by atoms with Gasteiger partial charge in [-0.3, -0.25) is 14.4 Å². The molecular weight excluding hydrogens is 733 g/mol. The Morgan fingerprint density at radius 2 is 0.610 bits per heavy atom. The van der Waals surface area contributed by atoms with Gasteiger partial charge in [-0.2, -0.15) is 0 Å². The van der Waals surface area contributed by atoms with Crippen LogP contribution < -0.4 is 0 Å². The van der Waals surface area contributed by atoms with Crippen molar-refractivity contribution in [1.82, 2.24) is 0 Å². The van der Waals surface area contributed by atoms with E-state index in [1.165, 1.54) is 128 Å². The molecule has 1 atom stereocenters. The molecule has 59 heavy (non-hydrogen) atoms. The van der Waals surface area contributed by atoms with E-state index in [1.807, 2.05) is 0 Å². The van der Waals surface area contributed by atoms with Gasteiger partial charge in [0.05, 0.1) is 0 Å². The first-order chi connectivity index (χ1) is 29.0. The molecule has 0 amide bonds. The lowest BCUT2D eigenvalue weighted by Gasteiger charge is -2.18. The van der Waals surface area contributed by atoms with Crippen molar-refractivity contribution in [3.05, 3.63) is 48.6 Å². The van der Waals surface area contributed by atoms with Gasteiger partial charge in [0.15, 0.2) is 6.10 Å². The van der Waals surface area contributed by atoms with Crippen LogP contribution in [0.2, 0.25) is 0 Å². The van der Waals surface area contributed by atoms with Gasteiger partial charge < -0.3 is 14.2 Å². The summed E-state index contributed by atoms with van der Waals surface area (Å²) in [5.41, 5.74) is 0. The topological polar surface area (TPSA) is 78.9 Å². The summed E-state index contributed by atoms with van der Waals surface area (Å²) in [6.07, 6.45) is 56.6. The zero-order valence-electron chi connectivity index (χ0n) is 39.0. The molecule has 0 saturated carbocycles. The van der Waals surface area contributed by atoms with Crippen LogP contribution in [0.3, 0.4) is 0 Å². The highest BCUT2D eigenvalue weighted by Gasteiger charge is 2.19. The number of esters is 3. The summed E-state index contributed by atoms with van der Waals surface area (Å²) < 4.78 is 16.7. The third-order valence-corrected chi connectivity index (χ3v) is 10.9. The van der Waals surface area contributed by atoms with Crippen LogP contribution in [-0.4, -0.2) is 37.2 Å². The van der Waals surface area contributed by atoms with Crippen LogP contribution in [0.15, 0.2) is 48.6 Å². The van der Waals surface area contributed by atoms with Crippen LogP contribution in [0.25, 0.3) is 0 Å². The van der Waals surface area contributed by atoms with Crippen LogP contribution in [0.4, 0.5) is 0 Å². The maximum absolute atomic E-state index is 12.8. The second kappa shape index (κ2) is 48.0. The summed E-state index contributed by atoms with van der Waals surface area (Å²) in [5, 5.41) is 0. The van der Waals surface area contributed by atoms with E-state index in [9.17, 15) is 14.4 Å². The standard InChI is InChI=1S/C53H94O6/c1-4-7-10-13-16-19-21-23-25-26-27-28-30-31-34-37-40-43-46-52(55)58-49-50(48-57-51(54)45-42-39-36-33-18-15-12-9-6-3)59-53(56)47-44-41-38-35-32-29-24-22-20-17-14-11-8-5-2/h16,19,21,23,25-28,50H,4-15,17-18,20,22,24,29-49H2,1-3H3/b19-16-,23-21-,26-25-,28-27-. The number of allylic oxidation sites excluding steroid dienone is 8. The lowest BCUT2D eigenvalue weighted by atomic mass is 10.0. The molecule has 0 saturated heterocycles. The van der Waals surface area contributed by atoms with Gasteiger partial charge >= 0.3 is 17.9 Å². The second-order valence-corrected chi connectivity index (χ2v) is 16.8. The molecule has 0 radical (unpaired) electrons. The van der Waals surface area contributed by atoms with Crippen LogP contribution in [0.5, 0.6) is 0 Å². The van der Waals surface area contributed by atoms with Crippen molar-refractivity contribution >= 4 is 17.9 Å². The largest absolute Gasteiger partial charge is 0.462 e. The lowest BCUT2D eigenvalue weighted by molar-refractivity contribution is -0.167. The number of unbranched alkanes of at least 4 members (excludes halogenated alkanes) is 29. The van der Waals surface area contributed by atoms with Gasteiger partial charge in [-0.1, -0.05) is 236 Å². The van der Waals surface area contributed by atoms with E-state index >= 15 is 0 Å². The SMILES string of the molecule is CCCCC\C=C/C=C\C=C/C=C\CCCCCCCC(=O)OCC(COC(=O)CCCCCCCCCCC)OC(=O)CCCCCCCCCCCCCCCC. The van der Waals surface area contributed by atoms with E-state index < -0.39 is 6.10 Å². The zero-order valence-corrected chi connectivity index (χ0v) is 39.0. The fourth-order valence-electron chi connectivity index (χ4n) is 7.10. The average molecular weight is 827 g/mol. The van der Waals surface area contributed by atoms with E-state index in [2.05, 4.69) is 69.4 Å². The molecule has 0 N–H and O–H groups in total.